The van der Waals surface area contributed by atoms with Gasteiger partial charge in [-0.2, -0.15) is 0 Å². The number of aliphatic hydroxyl groups excluding tert-OH is 2. The van der Waals surface area contributed by atoms with Crippen LogP contribution in [0.25, 0.3) is 0 Å². The topological polar surface area (TPSA) is 148 Å². The van der Waals surface area contributed by atoms with Gasteiger partial charge in [0.15, 0.2) is 33.3 Å². The molecule has 0 aliphatic rings. The Labute approximate surface area is 323 Å². The minimum Gasteiger partial charge on any atom is -0.460 e. The van der Waals surface area contributed by atoms with Gasteiger partial charge >= 0.3 is 29.1 Å². The molecule has 0 saturated heterocycles. The van der Waals surface area contributed by atoms with Gasteiger partial charge in [-0.05, 0) is 130 Å². The molecule has 0 amide bonds. The Balaban J connectivity index is 0. The van der Waals surface area contributed by atoms with Crippen LogP contribution in [0.4, 0.5) is 0 Å². The van der Waals surface area contributed by atoms with Crippen molar-refractivity contribution < 1.29 is 55.2 Å². The van der Waals surface area contributed by atoms with Gasteiger partial charge in [-0.15, -0.1) is 0 Å². The van der Waals surface area contributed by atoms with Crippen molar-refractivity contribution in [3.63, 3.8) is 0 Å². The van der Waals surface area contributed by atoms with Crippen LogP contribution in [0.1, 0.15) is 26.7 Å². The minimum atomic E-state index is -2.11. The molecule has 2 atom stereocenters. The number of ether oxygens (including phenoxy) is 4. The van der Waals surface area contributed by atoms with Crippen LogP contribution in [0.3, 0.4) is 0 Å². The molecule has 18 heteroatoms. The van der Waals surface area contributed by atoms with Gasteiger partial charge in [-0.25, -0.2) is 9.59 Å². The molecule has 0 rings (SSSR count). The molecule has 0 aromatic carbocycles. The fourth-order valence-corrected chi connectivity index (χ4v) is 31.6. The predicted octanol–water partition coefficient (Wildman–Crippen LogP) is 7.30. The van der Waals surface area contributed by atoms with Crippen LogP contribution < -0.4 is 0 Å². The lowest BCUT2D eigenvalue weighted by atomic mass is 10.3. The first-order valence-electron chi connectivity index (χ1n) is 18.3. The third-order valence-electron chi connectivity index (χ3n) is 6.48. The molecule has 0 fully saturated rings. The average molecular weight is 845 g/mol. The van der Waals surface area contributed by atoms with E-state index in [1.165, 1.54) is 0 Å². The summed E-state index contributed by atoms with van der Waals surface area (Å²) in [5.74, 6) is -1.01. The molecule has 2 N–H and O–H groups in total. The van der Waals surface area contributed by atoms with E-state index in [2.05, 4.69) is 105 Å². The fraction of sp³-hybridized carbons (Fsp3) is 0.824. The molecule has 0 spiro atoms. The fourth-order valence-electron chi connectivity index (χ4n) is 5.30. The summed E-state index contributed by atoms with van der Waals surface area (Å²) in [5, 5.41) is 19.0. The Morgan fingerprint density at radius 3 is 1.33 bits per heavy atom. The summed E-state index contributed by atoms with van der Waals surface area (Å²) in [6.45, 7) is 41.7. The van der Waals surface area contributed by atoms with Crippen molar-refractivity contribution >= 4 is 62.3 Å². The monoisotopic (exact) mass is 844 g/mol. The highest BCUT2D eigenvalue weighted by Crippen LogP contribution is 2.25. The summed E-state index contributed by atoms with van der Waals surface area (Å²) < 4.78 is 46.4. The van der Waals surface area contributed by atoms with Crippen LogP contribution in [-0.4, -0.2) is 124 Å². The van der Waals surface area contributed by atoms with Crippen molar-refractivity contribution in [1.82, 2.24) is 0 Å². The molecule has 0 radical (unpaired) electrons. The normalized spacial score (nSPS) is 14.2. The summed E-state index contributed by atoms with van der Waals surface area (Å²) in [7, 11) is -11.1. The number of hydrogen-bond donors (Lipinski definition) is 2. The van der Waals surface area contributed by atoms with Gasteiger partial charge < -0.3 is 45.6 Å². The van der Waals surface area contributed by atoms with Gasteiger partial charge in [0, 0.05) is 24.4 Å². The summed E-state index contributed by atoms with van der Waals surface area (Å²) in [4.78, 5) is 22.7. The maximum atomic E-state index is 11.5. The molecule has 0 bridgehead atoms. The second-order valence-electron chi connectivity index (χ2n) is 17.3. The van der Waals surface area contributed by atoms with Crippen LogP contribution in [0.15, 0.2) is 24.3 Å². The zero-order valence-electron chi connectivity index (χ0n) is 35.6. The van der Waals surface area contributed by atoms with E-state index in [9.17, 15) is 19.8 Å². The molecule has 0 aliphatic carbocycles. The molecule has 0 aromatic heterocycles. The third-order valence-corrected chi connectivity index (χ3v) is 26.8. The van der Waals surface area contributed by atoms with Gasteiger partial charge in [-0.3, -0.25) is 0 Å². The zero-order chi connectivity index (χ0) is 41.2. The standard InChI is InChI=1S/2C17H38O6Si3/c1-15(2)17(19)21-14-16(18)13-20-11-10-12-25(6,7)23-26(8,9)22-24(3,4)5;1-15(2)17(19)21-16(13-18)14-20-11-10-12-25(6,7)23-26(8,9)22-24(3,4)5/h2*16,18H,1,10-14H2,2-9H3. The number of esters is 2. The highest BCUT2D eigenvalue weighted by Gasteiger charge is 2.38. The van der Waals surface area contributed by atoms with Crippen LogP contribution >= 0.6 is 0 Å². The Morgan fingerprint density at radius 2 is 0.981 bits per heavy atom. The summed E-state index contributed by atoms with van der Waals surface area (Å²) in [6.07, 6.45) is 0.256. The minimum absolute atomic E-state index is 0.0805. The lowest BCUT2D eigenvalue weighted by molar-refractivity contribution is -0.149. The van der Waals surface area contributed by atoms with Crippen molar-refractivity contribution in [2.75, 3.05) is 39.6 Å². The summed E-state index contributed by atoms with van der Waals surface area (Å²) in [5.41, 5.74) is 0.621. The molecule has 308 valence electrons. The average Bonchev–Trinajstić information content (AvgIpc) is 2.90. The first-order valence-corrected chi connectivity index (χ1v) is 36.9. The van der Waals surface area contributed by atoms with E-state index in [1.54, 1.807) is 13.8 Å². The number of rotatable bonds is 26. The number of carbonyl (C=O) groups is 2. The second-order valence-corrected chi connectivity index (χ2v) is 42.7. The van der Waals surface area contributed by atoms with E-state index >= 15 is 0 Å². The van der Waals surface area contributed by atoms with Crippen molar-refractivity contribution in [3.05, 3.63) is 24.3 Å². The molecule has 12 nitrogen and oxygen atoms in total. The van der Waals surface area contributed by atoms with Gasteiger partial charge in [0.2, 0.25) is 0 Å². The molecule has 0 aliphatic heterocycles. The van der Waals surface area contributed by atoms with Crippen molar-refractivity contribution in [2.45, 2.75) is 143 Å². The lowest BCUT2D eigenvalue weighted by Gasteiger charge is -2.37. The van der Waals surface area contributed by atoms with Crippen molar-refractivity contribution in [3.8, 4) is 0 Å². The predicted molar refractivity (Wildman–Crippen MR) is 225 cm³/mol. The molecule has 0 heterocycles. The van der Waals surface area contributed by atoms with Crippen LogP contribution in [0.2, 0.25) is 104 Å². The van der Waals surface area contributed by atoms with Crippen molar-refractivity contribution in [2.24, 2.45) is 0 Å². The summed E-state index contributed by atoms with van der Waals surface area (Å²) in [6, 6.07) is 1.94. The van der Waals surface area contributed by atoms with Crippen LogP contribution in [0.5, 0.6) is 0 Å². The molecular weight excluding hydrogens is 769 g/mol. The highest BCUT2D eigenvalue weighted by molar-refractivity contribution is 6.88. The smallest absolute Gasteiger partial charge is 0.333 e. The SMILES string of the molecule is C=C(C)C(=O)OC(CO)COCCC[Si](C)(C)O[Si](C)(C)O[Si](C)(C)C.C=C(C)C(=O)OCC(O)COCCC[Si](C)(C)O[Si](C)(C)O[Si](C)(C)C. The van der Waals surface area contributed by atoms with E-state index in [-0.39, 0.29) is 26.4 Å². The molecule has 2 unspecified atom stereocenters. The van der Waals surface area contributed by atoms with Gasteiger partial charge in [-0.1, -0.05) is 13.2 Å². The van der Waals surface area contributed by atoms with E-state index in [0.29, 0.717) is 24.4 Å². The van der Waals surface area contributed by atoms with Gasteiger partial charge in [0.05, 0.1) is 19.8 Å². The number of aliphatic hydroxyl groups is 2. The second kappa shape index (κ2) is 24.1. The van der Waals surface area contributed by atoms with E-state index in [4.69, 9.17) is 35.4 Å². The quantitative estimate of drug-likeness (QED) is 0.0390. The van der Waals surface area contributed by atoms with Gasteiger partial charge in [0.25, 0.3) is 0 Å². The number of carbonyl (C=O) groups excluding carboxylic acids is 2. The Morgan fingerprint density at radius 1 is 0.596 bits per heavy atom. The first kappa shape index (κ1) is 53.5. The van der Waals surface area contributed by atoms with E-state index < -0.39 is 74.5 Å². The Kier molecular flexibility index (Phi) is 24.8. The number of hydrogen-bond acceptors (Lipinski definition) is 12. The zero-order valence-corrected chi connectivity index (χ0v) is 41.6. The lowest BCUT2D eigenvalue weighted by Crippen LogP contribution is -2.51. The van der Waals surface area contributed by atoms with Crippen molar-refractivity contribution in [1.29, 1.82) is 0 Å². The third kappa shape index (κ3) is 31.7. The Bertz CT molecular complexity index is 1090. The maximum Gasteiger partial charge on any atom is 0.333 e. The van der Waals surface area contributed by atoms with Gasteiger partial charge in [0.1, 0.15) is 18.8 Å². The largest absolute Gasteiger partial charge is 0.460 e. The summed E-state index contributed by atoms with van der Waals surface area (Å²) >= 11 is 0. The maximum absolute atomic E-state index is 11.5. The molecule has 0 aromatic rings. The molecule has 0 saturated carbocycles. The molecular formula is C34H76O12Si6. The van der Waals surface area contributed by atoms with E-state index in [1.807, 2.05) is 0 Å². The highest BCUT2D eigenvalue weighted by atomic mass is 28.5. The first-order chi connectivity index (χ1) is 23.3. The molecule has 52 heavy (non-hydrogen) atoms. The Hall–Kier alpha value is -0.599. The van der Waals surface area contributed by atoms with E-state index in [0.717, 1.165) is 24.9 Å². The van der Waals surface area contributed by atoms with Crippen LogP contribution in [0, 0.1) is 0 Å². The van der Waals surface area contributed by atoms with Crippen LogP contribution in [-0.2, 0) is 45.0 Å².